The fourth-order valence-electron chi connectivity index (χ4n) is 2.50. The van der Waals surface area contributed by atoms with Crippen LogP contribution in [-0.2, 0) is 14.8 Å². The van der Waals surface area contributed by atoms with E-state index >= 15 is 0 Å². The molecule has 1 atom stereocenters. The number of nitrogens with one attached hydrogen (secondary N) is 1. The van der Waals surface area contributed by atoms with E-state index in [1.54, 1.807) is 37.3 Å². The van der Waals surface area contributed by atoms with Gasteiger partial charge in [0.05, 0.1) is 10.9 Å². The molecule has 130 valence electrons. The SMILES string of the molecule is C[C@H](N)C(=O)NCC1CCN(S(=O)(=O)c2ccccc2)CC1.Cl. The zero-order chi connectivity index (χ0) is 16.2. The highest BCUT2D eigenvalue weighted by molar-refractivity contribution is 7.89. The summed E-state index contributed by atoms with van der Waals surface area (Å²) in [6, 6.07) is 7.96. The van der Waals surface area contributed by atoms with E-state index < -0.39 is 16.1 Å². The molecular weight excluding hydrogens is 338 g/mol. The van der Waals surface area contributed by atoms with Gasteiger partial charge in [0, 0.05) is 19.6 Å². The Bertz CT molecular complexity index is 600. The summed E-state index contributed by atoms with van der Waals surface area (Å²) >= 11 is 0. The Labute approximate surface area is 143 Å². The topological polar surface area (TPSA) is 92.5 Å². The lowest BCUT2D eigenvalue weighted by molar-refractivity contribution is -0.122. The molecule has 1 heterocycles. The standard InChI is InChI=1S/C15H23N3O3S.ClH/c1-12(16)15(19)17-11-13-7-9-18(10-8-13)22(20,21)14-5-3-2-4-6-14;/h2-6,12-13H,7-11,16H2,1H3,(H,17,19);1H/t12-;/m0./s1. The molecule has 1 saturated heterocycles. The highest BCUT2D eigenvalue weighted by atomic mass is 35.5. The van der Waals surface area contributed by atoms with Gasteiger partial charge in [-0.25, -0.2) is 8.42 Å². The van der Waals surface area contributed by atoms with Gasteiger partial charge in [-0.2, -0.15) is 4.31 Å². The zero-order valence-corrected chi connectivity index (χ0v) is 14.8. The highest BCUT2D eigenvalue weighted by Gasteiger charge is 2.29. The quantitative estimate of drug-likeness (QED) is 0.817. The number of hydrogen-bond donors (Lipinski definition) is 2. The van der Waals surface area contributed by atoms with Crippen LogP contribution in [0.3, 0.4) is 0 Å². The molecule has 0 aliphatic carbocycles. The number of piperidine rings is 1. The Kier molecular flexibility index (Phi) is 7.47. The van der Waals surface area contributed by atoms with Crippen LogP contribution in [0.15, 0.2) is 35.2 Å². The van der Waals surface area contributed by atoms with Crippen LogP contribution >= 0.6 is 12.4 Å². The van der Waals surface area contributed by atoms with Gasteiger partial charge in [0.15, 0.2) is 0 Å². The predicted molar refractivity (Wildman–Crippen MR) is 91.8 cm³/mol. The minimum absolute atomic E-state index is 0. The normalized spacial score (nSPS) is 18.0. The number of rotatable bonds is 5. The molecule has 0 unspecified atom stereocenters. The van der Waals surface area contributed by atoms with Crippen molar-refractivity contribution in [1.82, 2.24) is 9.62 Å². The number of hydrogen-bond acceptors (Lipinski definition) is 4. The number of amides is 1. The number of carbonyl (C=O) groups is 1. The van der Waals surface area contributed by atoms with Crippen LogP contribution in [0.4, 0.5) is 0 Å². The first-order valence-electron chi connectivity index (χ1n) is 7.49. The molecule has 0 bridgehead atoms. The molecule has 8 heteroatoms. The Hall–Kier alpha value is -1.15. The molecule has 0 radical (unpaired) electrons. The third-order valence-corrected chi connectivity index (χ3v) is 5.85. The average Bonchev–Trinajstić information content (AvgIpc) is 2.53. The summed E-state index contributed by atoms with van der Waals surface area (Å²) in [5.74, 6) is 0.129. The lowest BCUT2D eigenvalue weighted by Crippen LogP contribution is -2.44. The number of nitrogens with zero attached hydrogens (tertiary/aromatic N) is 1. The van der Waals surface area contributed by atoms with Gasteiger partial charge in [0.1, 0.15) is 0 Å². The van der Waals surface area contributed by atoms with Crippen LogP contribution in [0.25, 0.3) is 0 Å². The number of halogens is 1. The first kappa shape index (κ1) is 19.9. The molecule has 23 heavy (non-hydrogen) atoms. The molecule has 3 N–H and O–H groups in total. The highest BCUT2D eigenvalue weighted by Crippen LogP contribution is 2.23. The maximum absolute atomic E-state index is 12.5. The average molecular weight is 362 g/mol. The summed E-state index contributed by atoms with van der Waals surface area (Å²) in [4.78, 5) is 11.8. The Morgan fingerprint density at radius 3 is 2.39 bits per heavy atom. The van der Waals surface area contributed by atoms with Gasteiger partial charge in [-0.05, 0) is 37.8 Å². The molecule has 1 aromatic carbocycles. The first-order valence-corrected chi connectivity index (χ1v) is 8.94. The van der Waals surface area contributed by atoms with Crippen molar-refractivity contribution in [1.29, 1.82) is 0 Å². The summed E-state index contributed by atoms with van der Waals surface area (Å²) in [7, 11) is -3.40. The second-order valence-corrected chi connectivity index (χ2v) is 7.63. The van der Waals surface area contributed by atoms with Crippen LogP contribution in [0, 0.1) is 5.92 Å². The summed E-state index contributed by atoms with van der Waals surface area (Å²) in [5.41, 5.74) is 5.50. The van der Waals surface area contributed by atoms with Crippen molar-refractivity contribution < 1.29 is 13.2 Å². The maximum Gasteiger partial charge on any atom is 0.243 e. The van der Waals surface area contributed by atoms with Crippen LogP contribution < -0.4 is 11.1 Å². The van der Waals surface area contributed by atoms with E-state index in [9.17, 15) is 13.2 Å². The van der Waals surface area contributed by atoms with Gasteiger partial charge in [-0.1, -0.05) is 18.2 Å². The molecule has 1 amide bonds. The second kappa shape index (κ2) is 8.63. The molecule has 1 aliphatic rings. The van der Waals surface area contributed by atoms with E-state index in [4.69, 9.17) is 5.73 Å². The summed E-state index contributed by atoms with van der Waals surface area (Å²) in [6.45, 7) is 3.16. The molecule has 0 aromatic heterocycles. The van der Waals surface area contributed by atoms with Gasteiger partial charge in [-0.3, -0.25) is 4.79 Å². The van der Waals surface area contributed by atoms with Gasteiger partial charge in [-0.15, -0.1) is 12.4 Å². The van der Waals surface area contributed by atoms with Crippen LogP contribution in [-0.4, -0.2) is 44.3 Å². The Balaban J connectivity index is 0.00000264. The largest absolute Gasteiger partial charge is 0.354 e. The minimum Gasteiger partial charge on any atom is -0.354 e. The lowest BCUT2D eigenvalue weighted by atomic mass is 9.98. The number of benzene rings is 1. The second-order valence-electron chi connectivity index (χ2n) is 5.69. The van der Waals surface area contributed by atoms with E-state index in [0.29, 0.717) is 30.4 Å². The van der Waals surface area contributed by atoms with Crippen LogP contribution in [0.1, 0.15) is 19.8 Å². The van der Waals surface area contributed by atoms with Crippen molar-refractivity contribution in [3.05, 3.63) is 30.3 Å². The minimum atomic E-state index is -3.40. The fraction of sp³-hybridized carbons (Fsp3) is 0.533. The molecule has 2 rings (SSSR count). The van der Waals surface area contributed by atoms with E-state index in [1.165, 1.54) is 4.31 Å². The molecule has 6 nitrogen and oxygen atoms in total. The summed E-state index contributed by atoms with van der Waals surface area (Å²) in [5, 5.41) is 2.81. The smallest absolute Gasteiger partial charge is 0.243 e. The number of sulfonamides is 1. The molecular formula is C15H24ClN3O3S. The zero-order valence-electron chi connectivity index (χ0n) is 13.1. The fourth-order valence-corrected chi connectivity index (χ4v) is 3.99. The maximum atomic E-state index is 12.5. The van der Waals surface area contributed by atoms with Gasteiger partial charge >= 0.3 is 0 Å². The monoisotopic (exact) mass is 361 g/mol. The summed E-state index contributed by atoms with van der Waals surface area (Å²) in [6.07, 6.45) is 1.48. The van der Waals surface area contributed by atoms with E-state index in [-0.39, 0.29) is 18.3 Å². The van der Waals surface area contributed by atoms with E-state index in [1.807, 2.05) is 0 Å². The Morgan fingerprint density at radius 1 is 1.30 bits per heavy atom. The van der Waals surface area contributed by atoms with Crippen molar-refractivity contribution in [3.63, 3.8) is 0 Å². The van der Waals surface area contributed by atoms with Crippen molar-refractivity contribution in [2.75, 3.05) is 19.6 Å². The Morgan fingerprint density at radius 2 is 1.87 bits per heavy atom. The summed E-state index contributed by atoms with van der Waals surface area (Å²) < 4.78 is 26.5. The number of carbonyl (C=O) groups excluding carboxylic acids is 1. The third kappa shape index (κ3) is 5.17. The van der Waals surface area contributed by atoms with Crippen molar-refractivity contribution in [3.8, 4) is 0 Å². The number of nitrogens with two attached hydrogens (primary N) is 1. The molecule has 0 spiro atoms. The molecule has 0 saturated carbocycles. The lowest BCUT2D eigenvalue weighted by Gasteiger charge is -2.31. The van der Waals surface area contributed by atoms with Crippen molar-refractivity contribution >= 4 is 28.3 Å². The molecule has 1 fully saturated rings. The van der Waals surface area contributed by atoms with Gasteiger partial charge < -0.3 is 11.1 Å². The first-order chi connectivity index (χ1) is 10.4. The molecule has 1 aromatic rings. The van der Waals surface area contributed by atoms with Crippen molar-refractivity contribution in [2.24, 2.45) is 11.7 Å². The van der Waals surface area contributed by atoms with Crippen molar-refractivity contribution in [2.45, 2.75) is 30.7 Å². The van der Waals surface area contributed by atoms with Gasteiger partial charge in [0.2, 0.25) is 15.9 Å². The van der Waals surface area contributed by atoms with E-state index in [2.05, 4.69) is 5.32 Å². The van der Waals surface area contributed by atoms with E-state index in [0.717, 1.165) is 12.8 Å². The predicted octanol–water partition coefficient (Wildman–Crippen LogP) is 0.972. The third-order valence-electron chi connectivity index (χ3n) is 3.93. The van der Waals surface area contributed by atoms with Crippen LogP contribution in [0.2, 0.25) is 0 Å². The van der Waals surface area contributed by atoms with Gasteiger partial charge in [0.25, 0.3) is 0 Å². The van der Waals surface area contributed by atoms with Crippen LogP contribution in [0.5, 0.6) is 0 Å². The molecule has 1 aliphatic heterocycles.